The molecule has 0 saturated carbocycles. The summed E-state index contributed by atoms with van der Waals surface area (Å²) in [5.41, 5.74) is 0. The second-order valence-corrected chi connectivity index (χ2v) is 8.24. The van der Waals surface area contributed by atoms with Crippen molar-refractivity contribution in [3.8, 4) is 0 Å². The summed E-state index contributed by atoms with van der Waals surface area (Å²) in [5.74, 6) is -0.212. The molecule has 0 radical (unpaired) electrons. The molecule has 7 nitrogen and oxygen atoms in total. The topological polar surface area (TPSA) is 76.2 Å². The first-order valence-electron chi connectivity index (χ1n) is 10.9. The van der Waals surface area contributed by atoms with Gasteiger partial charge in [0.05, 0.1) is 13.2 Å². The van der Waals surface area contributed by atoms with Crippen molar-refractivity contribution in [1.29, 1.82) is 0 Å². The minimum absolute atomic E-state index is 0.140. The molecule has 2 fully saturated rings. The smallest absolute Gasteiger partial charge is 0.410 e. The van der Waals surface area contributed by atoms with Crippen molar-refractivity contribution in [3.05, 3.63) is 0 Å². The number of ether oxygens (including phenoxy) is 2. The van der Waals surface area contributed by atoms with E-state index in [1.807, 2.05) is 20.8 Å². The molecule has 0 spiro atoms. The van der Waals surface area contributed by atoms with E-state index in [2.05, 4.69) is 0 Å². The first-order chi connectivity index (χ1) is 13.5. The van der Waals surface area contributed by atoms with Crippen molar-refractivity contribution >= 4 is 18.0 Å². The van der Waals surface area contributed by atoms with Gasteiger partial charge in [-0.1, -0.05) is 27.2 Å². The molecule has 2 aliphatic rings. The second-order valence-electron chi connectivity index (χ2n) is 8.24. The number of rotatable bonds is 7. The number of hydrogen-bond acceptors (Lipinski definition) is 5. The van der Waals surface area contributed by atoms with Crippen LogP contribution in [0.25, 0.3) is 0 Å². The summed E-state index contributed by atoms with van der Waals surface area (Å²) in [6.45, 7) is 7.81. The van der Waals surface area contributed by atoms with E-state index in [1.165, 1.54) is 0 Å². The van der Waals surface area contributed by atoms with E-state index >= 15 is 0 Å². The molecule has 0 N–H and O–H groups in total. The Morgan fingerprint density at radius 1 is 0.929 bits per heavy atom. The monoisotopic (exact) mass is 396 g/mol. The molecule has 2 rings (SSSR count). The molecule has 28 heavy (non-hydrogen) atoms. The van der Waals surface area contributed by atoms with Gasteiger partial charge in [0.15, 0.2) is 0 Å². The van der Waals surface area contributed by atoms with Crippen LogP contribution in [0.5, 0.6) is 0 Å². The number of carbonyl (C=O) groups is 3. The van der Waals surface area contributed by atoms with E-state index in [0.717, 1.165) is 38.5 Å². The summed E-state index contributed by atoms with van der Waals surface area (Å²) in [6, 6.07) is -1.08. The molecule has 0 aliphatic carbocycles. The Labute approximate surface area is 168 Å². The Kier molecular flexibility index (Phi) is 9.06. The highest BCUT2D eigenvalue weighted by Crippen LogP contribution is 2.25. The minimum atomic E-state index is -0.542. The number of piperidine rings is 2. The van der Waals surface area contributed by atoms with Gasteiger partial charge in [-0.15, -0.1) is 0 Å². The molecule has 2 atom stereocenters. The van der Waals surface area contributed by atoms with Gasteiger partial charge in [0.2, 0.25) is 5.91 Å². The SMILES string of the molecule is CCCCOC(=O)N1CCCCC1C(=O)N1CCCCC1C(=O)OCC(C)C. The number of carbonyl (C=O) groups excluding carboxylic acids is 3. The molecule has 0 aromatic rings. The van der Waals surface area contributed by atoms with Crippen LogP contribution in [0.2, 0.25) is 0 Å². The normalized spacial score (nSPS) is 22.9. The molecule has 0 bridgehead atoms. The maximum atomic E-state index is 13.3. The maximum Gasteiger partial charge on any atom is 0.410 e. The highest BCUT2D eigenvalue weighted by molar-refractivity contribution is 5.90. The Morgan fingerprint density at radius 2 is 1.57 bits per heavy atom. The maximum absolute atomic E-state index is 13.3. The highest BCUT2D eigenvalue weighted by atomic mass is 16.6. The van der Waals surface area contributed by atoms with Crippen LogP contribution in [0, 0.1) is 5.92 Å². The van der Waals surface area contributed by atoms with Gasteiger partial charge in [0.25, 0.3) is 0 Å². The van der Waals surface area contributed by atoms with Crippen molar-refractivity contribution in [3.63, 3.8) is 0 Å². The summed E-state index contributed by atoms with van der Waals surface area (Å²) in [7, 11) is 0. The third kappa shape index (κ3) is 6.11. The van der Waals surface area contributed by atoms with Crippen molar-refractivity contribution in [2.45, 2.75) is 84.2 Å². The predicted molar refractivity (Wildman–Crippen MR) is 106 cm³/mol. The first-order valence-corrected chi connectivity index (χ1v) is 10.9. The number of likely N-dealkylation sites (tertiary alicyclic amines) is 2. The quantitative estimate of drug-likeness (QED) is 0.487. The highest BCUT2D eigenvalue weighted by Gasteiger charge is 2.41. The molecule has 2 heterocycles. The Balaban J connectivity index is 2.06. The van der Waals surface area contributed by atoms with Crippen LogP contribution in [0.3, 0.4) is 0 Å². The second kappa shape index (κ2) is 11.3. The molecular weight excluding hydrogens is 360 g/mol. The fourth-order valence-electron chi connectivity index (χ4n) is 3.77. The largest absolute Gasteiger partial charge is 0.464 e. The zero-order valence-corrected chi connectivity index (χ0v) is 17.7. The molecule has 0 aromatic carbocycles. The summed E-state index contributed by atoms with van der Waals surface area (Å²) >= 11 is 0. The van der Waals surface area contributed by atoms with Crippen LogP contribution in [0.4, 0.5) is 4.79 Å². The van der Waals surface area contributed by atoms with Crippen molar-refractivity contribution < 1.29 is 23.9 Å². The van der Waals surface area contributed by atoms with Crippen molar-refractivity contribution in [1.82, 2.24) is 9.80 Å². The van der Waals surface area contributed by atoms with Gasteiger partial charge in [0, 0.05) is 13.1 Å². The summed E-state index contributed by atoms with van der Waals surface area (Å²) in [5, 5.41) is 0. The van der Waals surface area contributed by atoms with Gasteiger partial charge >= 0.3 is 12.1 Å². The van der Waals surface area contributed by atoms with Gasteiger partial charge in [0.1, 0.15) is 12.1 Å². The zero-order valence-electron chi connectivity index (χ0n) is 17.7. The van der Waals surface area contributed by atoms with Crippen LogP contribution < -0.4 is 0 Å². The lowest BCUT2D eigenvalue weighted by Gasteiger charge is -2.40. The molecule has 0 aromatic heterocycles. The van der Waals surface area contributed by atoms with Crippen molar-refractivity contribution in [2.75, 3.05) is 26.3 Å². The number of unbranched alkanes of at least 4 members (excludes halogenated alkanes) is 1. The fourth-order valence-corrected chi connectivity index (χ4v) is 3.77. The lowest BCUT2D eigenvalue weighted by molar-refractivity contribution is -0.159. The average Bonchev–Trinajstić information content (AvgIpc) is 2.71. The lowest BCUT2D eigenvalue weighted by atomic mass is 9.97. The first kappa shape index (κ1) is 22.5. The van der Waals surface area contributed by atoms with E-state index in [9.17, 15) is 14.4 Å². The third-order valence-corrected chi connectivity index (χ3v) is 5.36. The zero-order chi connectivity index (χ0) is 20.5. The average molecular weight is 397 g/mol. The molecule has 160 valence electrons. The molecule has 2 amide bonds. The fraction of sp³-hybridized carbons (Fsp3) is 0.857. The van der Waals surface area contributed by atoms with Gasteiger partial charge < -0.3 is 14.4 Å². The molecule has 7 heteroatoms. The minimum Gasteiger partial charge on any atom is -0.464 e. The third-order valence-electron chi connectivity index (χ3n) is 5.36. The summed E-state index contributed by atoms with van der Waals surface area (Å²) < 4.78 is 10.8. The van der Waals surface area contributed by atoms with Crippen LogP contribution in [0.1, 0.15) is 72.1 Å². The van der Waals surface area contributed by atoms with Crippen LogP contribution in [-0.2, 0) is 19.1 Å². The standard InChI is InChI=1S/C21H36N2O5/c1-4-5-14-27-21(26)23-13-9-6-10-17(23)19(24)22-12-8-7-11-18(22)20(25)28-15-16(2)3/h16-18H,4-15H2,1-3H3. The summed E-state index contributed by atoms with van der Waals surface area (Å²) in [4.78, 5) is 41.6. The predicted octanol–water partition coefficient (Wildman–Crippen LogP) is 3.36. The van der Waals surface area contributed by atoms with Gasteiger partial charge in [-0.05, 0) is 50.9 Å². The lowest BCUT2D eigenvalue weighted by Crippen LogP contribution is -2.58. The molecular formula is C21H36N2O5. The van der Waals surface area contributed by atoms with Crippen LogP contribution in [0.15, 0.2) is 0 Å². The van der Waals surface area contributed by atoms with Crippen LogP contribution >= 0.6 is 0 Å². The molecule has 2 aliphatic heterocycles. The van der Waals surface area contributed by atoms with E-state index in [4.69, 9.17) is 9.47 Å². The van der Waals surface area contributed by atoms with Gasteiger partial charge in [-0.2, -0.15) is 0 Å². The summed E-state index contributed by atoms with van der Waals surface area (Å²) in [6.07, 6.45) is 6.12. The van der Waals surface area contributed by atoms with E-state index < -0.39 is 18.2 Å². The number of hydrogen-bond donors (Lipinski definition) is 0. The van der Waals surface area contributed by atoms with Gasteiger partial charge in [-0.3, -0.25) is 9.69 Å². The van der Waals surface area contributed by atoms with Crippen molar-refractivity contribution in [2.24, 2.45) is 5.92 Å². The Hall–Kier alpha value is -1.79. The number of esters is 1. The van der Waals surface area contributed by atoms with E-state index in [-0.39, 0.29) is 17.8 Å². The van der Waals surface area contributed by atoms with Gasteiger partial charge in [-0.25, -0.2) is 9.59 Å². The van der Waals surface area contributed by atoms with E-state index in [1.54, 1.807) is 9.80 Å². The molecule has 2 unspecified atom stereocenters. The van der Waals surface area contributed by atoms with Crippen LogP contribution in [-0.4, -0.2) is 66.2 Å². The Morgan fingerprint density at radius 3 is 2.21 bits per heavy atom. The van der Waals surface area contributed by atoms with E-state index in [0.29, 0.717) is 39.1 Å². The number of nitrogens with zero attached hydrogens (tertiary/aromatic N) is 2. The Bertz CT molecular complexity index is 537. The molecule has 2 saturated heterocycles. The number of amides is 2.